The Morgan fingerprint density at radius 1 is 1.37 bits per heavy atom. The average Bonchev–Trinajstić information content (AvgIpc) is 2.36. The van der Waals surface area contributed by atoms with Gasteiger partial charge in [-0.3, -0.25) is 0 Å². The Morgan fingerprint density at radius 3 is 2.89 bits per heavy atom. The fourth-order valence-corrected chi connectivity index (χ4v) is 2.61. The third-order valence-corrected chi connectivity index (χ3v) is 3.73. The summed E-state index contributed by atoms with van der Waals surface area (Å²) in [6.07, 6.45) is 1.98. The Kier molecular flexibility index (Phi) is 4.17. The molecular formula is C14H19N3OS. The van der Waals surface area contributed by atoms with Crippen molar-refractivity contribution in [3.8, 4) is 0 Å². The second-order valence-corrected chi connectivity index (χ2v) is 5.80. The second kappa shape index (κ2) is 5.67. The van der Waals surface area contributed by atoms with E-state index in [-0.39, 0.29) is 0 Å². The summed E-state index contributed by atoms with van der Waals surface area (Å²) >= 11 is 1.62. The van der Waals surface area contributed by atoms with Gasteiger partial charge in [0.05, 0.1) is 11.1 Å². The molecule has 102 valence electrons. The van der Waals surface area contributed by atoms with Crippen LogP contribution in [0.3, 0.4) is 0 Å². The van der Waals surface area contributed by atoms with E-state index in [0.717, 1.165) is 22.4 Å². The maximum Gasteiger partial charge on any atom is 0.126 e. The molecule has 0 aliphatic heterocycles. The molecule has 0 amide bonds. The Labute approximate surface area is 117 Å². The zero-order valence-corrected chi connectivity index (χ0v) is 12.0. The van der Waals surface area contributed by atoms with Crippen molar-refractivity contribution in [2.75, 3.05) is 29.6 Å². The first-order valence-corrected chi connectivity index (χ1v) is 7.51. The summed E-state index contributed by atoms with van der Waals surface area (Å²) in [4.78, 5) is 4.49. The molecule has 5 heteroatoms. The van der Waals surface area contributed by atoms with E-state index in [1.54, 1.807) is 11.8 Å². The quantitative estimate of drug-likeness (QED) is 0.732. The summed E-state index contributed by atoms with van der Waals surface area (Å²) < 4.78 is 0. The van der Waals surface area contributed by atoms with Crippen molar-refractivity contribution in [1.29, 1.82) is 0 Å². The van der Waals surface area contributed by atoms with Gasteiger partial charge in [0.15, 0.2) is 0 Å². The van der Waals surface area contributed by atoms with Crippen molar-refractivity contribution in [3.63, 3.8) is 0 Å². The molecule has 0 aliphatic carbocycles. The number of hydrogen-bond donors (Lipinski definition) is 3. The number of aliphatic hydroxyl groups is 1. The second-order valence-electron chi connectivity index (χ2n) is 4.93. The van der Waals surface area contributed by atoms with Gasteiger partial charge in [0.2, 0.25) is 0 Å². The lowest BCUT2D eigenvalue weighted by atomic mass is 10.1. The maximum absolute atomic E-state index is 10.1. The van der Waals surface area contributed by atoms with Crippen LogP contribution in [0.4, 0.5) is 11.5 Å². The van der Waals surface area contributed by atoms with E-state index in [1.165, 1.54) is 0 Å². The number of nitrogens with zero attached hydrogens (tertiary/aromatic N) is 1. The van der Waals surface area contributed by atoms with Gasteiger partial charge >= 0.3 is 0 Å². The lowest BCUT2D eigenvalue weighted by molar-refractivity contribution is 0.0996. The zero-order valence-electron chi connectivity index (χ0n) is 11.2. The molecule has 0 bridgehead atoms. The van der Waals surface area contributed by atoms with Crippen LogP contribution in [0.25, 0.3) is 10.9 Å². The number of aromatic nitrogens is 1. The molecule has 0 saturated heterocycles. The molecule has 0 fully saturated rings. The molecule has 0 saturated carbocycles. The summed E-state index contributed by atoms with van der Waals surface area (Å²) in [5, 5.41) is 14.3. The number of fused-ring (bicyclic) bond motifs is 1. The molecule has 1 aromatic carbocycles. The topological polar surface area (TPSA) is 71.2 Å². The summed E-state index contributed by atoms with van der Waals surface area (Å²) in [6.45, 7) is 2.29. The minimum Gasteiger partial charge on any atom is -0.399 e. The minimum absolute atomic E-state index is 0.474. The van der Waals surface area contributed by atoms with Crippen LogP contribution in [0.15, 0.2) is 30.3 Å². The lowest BCUT2D eigenvalue weighted by Crippen LogP contribution is -2.36. The van der Waals surface area contributed by atoms with Crippen molar-refractivity contribution in [2.45, 2.75) is 12.5 Å². The highest BCUT2D eigenvalue weighted by molar-refractivity contribution is 7.98. The zero-order chi connectivity index (χ0) is 13.9. The number of nitrogens with one attached hydrogen (secondary N) is 1. The molecule has 4 N–H and O–H groups in total. The van der Waals surface area contributed by atoms with Gasteiger partial charge in [-0.1, -0.05) is 0 Å². The highest BCUT2D eigenvalue weighted by atomic mass is 32.2. The SMILES string of the molecule is CSCC(C)(O)CNc1ccc2cc(N)ccc2n1. The van der Waals surface area contributed by atoms with E-state index in [4.69, 9.17) is 5.73 Å². The van der Waals surface area contributed by atoms with Crippen LogP contribution in [0.1, 0.15) is 6.92 Å². The Balaban J connectivity index is 2.11. The average molecular weight is 277 g/mol. The van der Waals surface area contributed by atoms with Gasteiger partial charge in [0.1, 0.15) is 5.82 Å². The molecular weight excluding hydrogens is 258 g/mol. The number of hydrogen-bond acceptors (Lipinski definition) is 5. The van der Waals surface area contributed by atoms with Gasteiger partial charge in [0, 0.05) is 23.4 Å². The molecule has 1 heterocycles. The van der Waals surface area contributed by atoms with E-state index in [9.17, 15) is 5.11 Å². The van der Waals surface area contributed by atoms with E-state index >= 15 is 0 Å². The number of anilines is 2. The third-order valence-electron chi connectivity index (χ3n) is 2.82. The summed E-state index contributed by atoms with van der Waals surface area (Å²) in [5.74, 6) is 1.45. The predicted molar refractivity (Wildman–Crippen MR) is 83.7 cm³/mol. The van der Waals surface area contributed by atoms with Crippen molar-refractivity contribution in [2.24, 2.45) is 0 Å². The fourth-order valence-electron chi connectivity index (χ4n) is 1.89. The Hall–Kier alpha value is -1.46. The number of nitrogens with two attached hydrogens (primary N) is 1. The van der Waals surface area contributed by atoms with Gasteiger partial charge in [-0.25, -0.2) is 4.98 Å². The van der Waals surface area contributed by atoms with E-state index < -0.39 is 5.60 Å². The largest absolute Gasteiger partial charge is 0.399 e. The molecule has 4 nitrogen and oxygen atoms in total. The van der Waals surface area contributed by atoms with Crippen molar-refractivity contribution >= 4 is 34.2 Å². The highest BCUT2D eigenvalue weighted by Crippen LogP contribution is 2.19. The maximum atomic E-state index is 10.1. The molecule has 1 unspecified atom stereocenters. The standard InChI is InChI=1S/C14H19N3OS/c1-14(18,9-19-2)8-16-13-6-3-10-7-11(15)4-5-12(10)17-13/h3-7,18H,8-9,15H2,1-2H3,(H,16,17). The first kappa shape index (κ1) is 14.0. The number of rotatable bonds is 5. The summed E-state index contributed by atoms with van der Waals surface area (Å²) in [5.41, 5.74) is 6.62. The molecule has 19 heavy (non-hydrogen) atoms. The normalized spacial score (nSPS) is 14.3. The smallest absolute Gasteiger partial charge is 0.126 e. The number of thioether (sulfide) groups is 1. The number of nitrogen functional groups attached to an aromatic ring is 1. The van der Waals surface area contributed by atoms with Crippen LogP contribution in [-0.2, 0) is 0 Å². The minimum atomic E-state index is -0.739. The Bertz CT molecular complexity index is 572. The molecule has 0 radical (unpaired) electrons. The Morgan fingerprint density at radius 2 is 2.16 bits per heavy atom. The fraction of sp³-hybridized carbons (Fsp3) is 0.357. The lowest BCUT2D eigenvalue weighted by Gasteiger charge is -2.22. The van der Waals surface area contributed by atoms with Crippen molar-refractivity contribution in [1.82, 2.24) is 4.98 Å². The van der Waals surface area contributed by atoms with Crippen LogP contribution in [-0.4, -0.2) is 34.2 Å². The van der Waals surface area contributed by atoms with Gasteiger partial charge in [-0.05, 0) is 43.5 Å². The number of pyridine rings is 1. The van der Waals surface area contributed by atoms with Crippen LogP contribution in [0.2, 0.25) is 0 Å². The first-order chi connectivity index (χ1) is 9.00. The van der Waals surface area contributed by atoms with Gasteiger partial charge < -0.3 is 16.2 Å². The van der Waals surface area contributed by atoms with Crippen molar-refractivity contribution < 1.29 is 5.11 Å². The van der Waals surface area contributed by atoms with Crippen LogP contribution >= 0.6 is 11.8 Å². The monoisotopic (exact) mass is 277 g/mol. The van der Waals surface area contributed by atoms with Crippen LogP contribution < -0.4 is 11.1 Å². The molecule has 0 aliphatic rings. The number of benzene rings is 1. The molecule has 2 rings (SSSR count). The summed E-state index contributed by atoms with van der Waals surface area (Å²) in [6, 6.07) is 9.51. The van der Waals surface area contributed by atoms with Gasteiger partial charge in [-0.2, -0.15) is 11.8 Å². The third kappa shape index (κ3) is 3.75. The van der Waals surface area contributed by atoms with E-state index in [0.29, 0.717) is 12.3 Å². The van der Waals surface area contributed by atoms with Crippen LogP contribution in [0, 0.1) is 0 Å². The molecule has 1 atom stereocenters. The first-order valence-electron chi connectivity index (χ1n) is 6.12. The highest BCUT2D eigenvalue weighted by Gasteiger charge is 2.19. The van der Waals surface area contributed by atoms with E-state index in [2.05, 4.69) is 10.3 Å². The van der Waals surface area contributed by atoms with Gasteiger partial charge in [-0.15, -0.1) is 0 Å². The molecule has 0 spiro atoms. The summed E-state index contributed by atoms with van der Waals surface area (Å²) in [7, 11) is 0. The molecule has 2 aromatic rings. The van der Waals surface area contributed by atoms with Crippen LogP contribution in [0.5, 0.6) is 0 Å². The van der Waals surface area contributed by atoms with E-state index in [1.807, 2.05) is 43.5 Å². The van der Waals surface area contributed by atoms with Gasteiger partial charge in [0.25, 0.3) is 0 Å². The molecule has 1 aromatic heterocycles. The predicted octanol–water partition coefficient (Wildman–Crippen LogP) is 2.34. The van der Waals surface area contributed by atoms with Crippen molar-refractivity contribution in [3.05, 3.63) is 30.3 Å².